The number of aliphatic hydroxyl groups is 1. The quantitative estimate of drug-likeness (QED) is 0.877. The van der Waals surface area contributed by atoms with Crippen LogP contribution in [0.3, 0.4) is 0 Å². The van der Waals surface area contributed by atoms with E-state index in [1.807, 2.05) is 0 Å². The van der Waals surface area contributed by atoms with Crippen LogP contribution in [0.2, 0.25) is 0 Å². The van der Waals surface area contributed by atoms with Crippen LogP contribution in [-0.4, -0.2) is 36.4 Å². The number of benzene rings is 1. The molecule has 1 unspecified atom stereocenters. The molecule has 0 bridgehead atoms. The van der Waals surface area contributed by atoms with Crippen LogP contribution in [0.15, 0.2) is 24.3 Å². The van der Waals surface area contributed by atoms with Crippen LogP contribution in [0.5, 0.6) is 0 Å². The average Bonchev–Trinajstić information content (AvgIpc) is 2.50. The molecule has 3 heteroatoms. The number of hydrogen-bond donors (Lipinski definition) is 2. The van der Waals surface area contributed by atoms with Crippen molar-refractivity contribution in [1.29, 1.82) is 0 Å². The van der Waals surface area contributed by atoms with Gasteiger partial charge in [0.1, 0.15) is 0 Å². The van der Waals surface area contributed by atoms with E-state index in [2.05, 4.69) is 55.3 Å². The number of aliphatic hydroxyl groups excluding tert-OH is 1. The van der Waals surface area contributed by atoms with Crippen molar-refractivity contribution < 1.29 is 5.11 Å². The Kier molecular flexibility index (Phi) is 4.48. The summed E-state index contributed by atoms with van der Waals surface area (Å²) in [6, 6.07) is 8.91. The molecule has 106 valence electrons. The minimum absolute atomic E-state index is 0.107. The summed E-state index contributed by atoms with van der Waals surface area (Å²) in [5.74, 6) is 0. The second-order valence-corrected chi connectivity index (χ2v) is 6.09. The number of nitrogens with zero attached hydrogens (tertiary/aromatic N) is 1. The fourth-order valence-corrected chi connectivity index (χ4v) is 3.11. The summed E-state index contributed by atoms with van der Waals surface area (Å²) < 4.78 is 0. The average molecular weight is 262 g/mol. The summed E-state index contributed by atoms with van der Waals surface area (Å²) in [6.45, 7) is 8.99. The van der Waals surface area contributed by atoms with Crippen LogP contribution in [0.1, 0.15) is 32.3 Å². The zero-order valence-electron chi connectivity index (χ0n) is 12.3. The van der Waals surface area contributed by atoms with E-state index in [-0.39, 0.29) is 12.1 Å². The molecule has 0 amide bonds. The van der Waals surface area contributed by atoms with E-state index in [0.29, 0.717) is 6.04 Å². The van der Waals surface area contributed by atoms with Crippen LogP contribution >= 0.6 is 0 Å². The van der Waals surface area contributed by atoms with Gasteiger partial charge in [0, 0.05) is 30.4 Å². The summed E-state index contributed by atoms with van der Waals surface area (Å²) in [6.07, 6.45) is 1.92. The van der Waals surface area contributed by atoms with E-state index < -0.39 is 0 Å². The number of hydrogen-bond acceptors (Lipinski definition) is 3. The Bertz CT molecular complexity index is 417. The van der Waals surface area contributed by atoms with Gasteiger partial charge in [0.2, 0.25) is 0 Å². The van der Waals surface area contributed by atoms with Gasteiger partial charge in [-0.2, -0.15) is 0 Å². The van der Waals surface area contributed by atoms with E-state index >= 15 is 0 Å². The first-order chi connectivity index (χ1) is 9.06. The van der Waals surface area contributed by atoms with Crippen molar-refractivity contribution in [1.82, 2.24) is 5.32 Å². The number of nitrogens with one attached hydrogen (secondary N) is 1. The molecule has 2 N–H and O–H groups in total. The second kappa shape index (κ2) is 5.93. The Morgan fingerprint density at radius 1 is 1.37 bits per heavy atom. The van der Waals surface area contributed by atoms with Gasteiger partial charge in [0.15, 0.2) is 0 Å². The highest BCUT2D eigenvalue weighted by Crippen LogP contribution is 2.33. The number of aryl methyl sites for hydroxylation is 1. The lowest BCUT2D eigenvalue weighted by atomic mass is 9.94. The van der Waals surface area contributed by atoms with Gasteiger partial charge < -0.3 is 15.3 Å². The summed E-state index contributed by atoms with van der Waals surface area (Å²) in [4.78, 5) is 2.51. The number of para-hydroxylation sites is 1. The molecule has 1 fully saturated rings. The summed E-state index contributed by atoms with van der Waals surface area (Å²) in [5.41, 5.74) is 2.71. The van der Waals surface area contributed by atoms with E-state index in [1.165, 1.54) is 11.3 Å². The van der Waals surface area contributed by atoms with Crippen LogP contribution in [-0.2, 0) is 0 Å². The third-order valence-electron chi connectivity index (χ3n) is 4.15. The van der Waals surface area contributed by atoms with E-state index in [9.17, 15) is 5.11 Å². The van der Waals surface area contributed by atoms with E-state index in [0.717, 1.165) is 25.9 Å². The molecule has 1 atom stereocenters. The van der Waals surface area contributed by atoms with Crippen molar-refractivity contribution in [2.45, 2.75) is 45.2 Å². The molecule has 1 aliphatic rings. The Hall–Kier alpha value is -1.06. The first-order valence-electron chi connectivity index (χ1n) is 7.23. The molecular weight excluding hydrogens is 236 g/mol. The van der Waals surface area contributed by atoms with Gasteiger partial charge in [-0.3, -0.25) is 0 Å². The number of anilines is 1. The van der Waals surface area contributed by atoms with Gasteiger partial charge in [0.25, 0.3) is 0 Å². The minimum atomic E-state index is 0.107. The topological polar surface area (TPSA) is 35.5 Å². The maximum absolute atomic E-state index is 9.36. The van der Waals surface area contributed by atoms with Gasteiger partial charge in [-0.1, -0.05) is 18.2 Å². The van der Waals surface area contributed by atoms with Gasteiger partial charge in [-0.05, 0) is 51.8 Å². The summed E-state index contributed by atoms with van der Waals surface area (Å²) in [5, 5.41) is 12.9. The molecule has 1 aromatic carbocycles. The van der Waals surface area contributed by atoms with Gasteiger partial charge in [-0.25, -0.2) is 0 Å². The van der Waals surface area contributed by atoms with Crippen molar-refractivity contribution >= 4 is 5.69 Å². The highest BCUT2D eigenvalue weighted by molar-refractivity contribution is 5.56. The van der Waals surface area contributed by atoms with E-state index in [1.54, 1.807) is 0 Å². The summed E-state index contributed by atoms with van der Waals surface area (Å²) in [7, 11) is 0. The molecule has 19 heavy (non-hydrogen) atoms. The predicted molar refractivity (Wildman–Crippen MR) is 80.7 cm³/mol. The van der Waals surface area contributed by atoms with Crippen LogP contribution in [0, 0.1) is 6.92 Å². The first-order valence-corrected chi connectivity index (χ1v) is 7.23. The zero-order chi connectivity index (χ0) is 13.9. The highest BCUT2D eigenvalue weighted by Gasteiger charge is 2.34. The number of rotatable bonds is 3. The predicted octanol–water partition coefficient (Wildman–Crippen LogP) is 2.32. The Morgan fingerprint density at radius 3 is 2.79 bits per heavy atom. The first kappa shape index (κ1) is 14.4. The van der Waals surface area contributed by atoms with Crippen LogP contribution < -0.4 is 10.2 Å². The smallest absolute Gasteiger partial charge is 0.0451 e. The normalized spacial score (nSPS) is 23.2. The highest BCUT2D eigenvalue weighted by atomic mass is 16.3. The third-order valence-corrected chi connectivity index (χ3v) is 4.15. The molecule has 1 saturated heterocycles. The molecule has 3 nitrogen and oxygen atoms in total. The lowest BCUT2D eigenvalue weighted by Crippen LogP contribution is -2.51. The lowest BCUT2D eigenvalue weighted by Gasteiger charge is -2.44. The van der Waals surface area contributed by atoms with Crippen molar-refractivity contribution in [2.75, 3.05) is 24.6 Å². The summed E-state index contributed by atoms with van der Waals surface area (Å²) >= 11 is 0. The van der Waals surface area contributed by atoms with Crippen molar-refractivity contribution in [3.8, 4) is 0 Å². The van der Waals surface area contributed by atoms with Gasteiger partial charge in [-0.15, -0.1) is 0 Å². The van der Waals surface area contributed by atoms with Crippen molar-refractivity contribution in [2.24, 2.45) is 0 Å². The maximum Gasteiger partial charge on any atom is 0.0451 e. The van der Waals surface area contributed by atoms with Crippen molar-refractivity contribution in [3.05, 3.63) is 29.8 Å². The monoisotopic (exact) mass is 262 g/mol. The van der Waals surface area contributed by atoms with Crippen LogP contribution in [0.4, 0.5) is 5.69 Å². The zero-order valence-corrected chi connectivity index (χ0v) is 12.3. The Labute approximate surface area is 116 Å². The fraction of sp³-hybridized carbons (Fsp3) is 0.625. The third kappa shape index (κ3) is 3.10. The molecule has 1 aliphatic heterocycles. The molecule has 2 rings (SSSR count). The second-order valence-electron chi connectivity index (χ2n) is 6.09. The van der Waals surface area contributed by atoms with Gasteiger partial charge >= 0.3 is 0 Å². The molecule has 1 heterocycles. The maximum atomic E-state index is 9.36. The molecule has 0 aliphatic carbocycles. The molecule has 0 spiro atoms. The Morgan fingerprint density at radius 2 is 2.11 bits per heavy atom. The SMILES string of the molecule is Cc1ccccc1N1C(CCO)CNCCC1(C)C. The molecule has 0 radical (unpaired) electrons. The van der Waals surface area contributed by atoms with Crippen LogP contribution in [0.25, 0.3) is 0 Å². The minimum Gasteiger partial charge on any atom is -0.396 e. The molecule has 0 saturated carbocycles. The molecule has 0 aromatic heterocycles. The van der Waals surface area contributed by atoms with E-state index in [4.69, 9.17) is 0 Å². The van der Waals surface area contributed by atoms with Gasteiger partial charge in [0.05, 0.1) is 0 Å². The Balaban J connectivity index is 2.41. The fourth-order valence-electron chi connectivity index (χ4n) is 3.11. The lowest BCUT2D eigenvalue weighted by molar-refractivity contribution is 0.265. The molecular formula is C16H26N2O. The largest absolute Gasteiger partial charge is 0.396 e. The van der Waals surface area contributed by atoms with Crippen molar-refractivity contribution in [3.63, 3.8) is 0 Å². The molecule has 1 aromatic rings. The standard InChI is InChI=1S/C16H26N2O/c1-13-6-4-5-7-15(13)18-14(8-11-19)12-17-10-9-16(18,2)3/h4-7,14,17,19H,8-12H2,1-3H3.